The summed E-state index contributed by atoms with van der Waals surface area (Å²) in [5, 5.41) is 0. The second-order valence-corrected chi connectivity index (χ2v) is 2.43. The van der Waals surface area contributed by atoms with Gasteiger partial charge >= 0.3 is 0 Å². The molecule has 0 aliphatic rings. The lowest BCUT2D eigenvalue weighted by Gasteiger charge is -2.01. The summed E-state index contributed by atoms with van der Waals surface area (Å²) in [5.74, 6) is 1.69. The first-order valence-electron chi connectivity index (χ1n) is 3.21. The SMILES string of the molecule is COc1ccc(OSC)cc1. The minimum atomic E-state index is 0.846. The summed E-state index contributed by atoms with van der Waals surface area (Å²) < 4.78 is 10.2. The van der Waals surface area contributed by atoms with Crippen molar-refractivity contribution in [2.24, 2.45) is 0 Å². The molecule has 0 spiro atoms. The van der Waals surface area contributed by atoms with Gasteiger partial charge in [-0.15, -0.1) is 0 Å². The second-order valence-electron chi connectivity index (χ2n) is 1.93. The molecule has 3 heteroatoms. The highest BCUT2D eigenvalue weighted by Crippen LogP contribution is 2.19. The van der Waals surface area contributed by atoms with Crippen molar-refractivity contribution in [2.75, 3.05) is 13.4 Å². The highest BCUT2D eigenvalue weighted by atomic mass is 32.2. The van der Waals surface area contributed by atoms with Crippen LogP contribution in [0.4, 0.5) is 0 Å². The van der Waals surface area contributed by atoms with Crippen LogP contribution in [0.1, 0.15) is 0 Å². The van der Waals surface area contributed by atoms with Crippen molar-refractivity contribution >= 4 is 12.0 Å². The minimum absolute atomic E-state index is 0.846. The van der Waals surface area contributed by atoms with Gasteiger partial charge in [-0.05, 0) is 24.3 Å². The Bertz CT molecular complexity index is 208. The van der Waals surface area contributed by atoms with E-state index in [0.29, 0.717) is 0 Å². The van der Waals surface area contributed by atoms with Crippen LogP contribution in [0.15, 0.2) is 24.3 Å². The molecule has 0 N–H and O–H groups in total. The molecule has 0 aliphatic carbocycles. The van der Waals surface area contributed by atoms with E-state index in [1.54, 1.807) is 7.11 Å². The first kappa shape index (κ1) is 8.27. The maximum atomic E-state index is 5.17. The van der Waals surface area contributed by atoms with Crippen LogP contribution in [-0.2, 0) is 0 Å². The van der Waals surface area contributed by atoms with Gasteiger partial charge in [0.05, 0.1) is 19.2 Å². The molecule has 1 aromatic rings. The van der Waals surface area contributed by atoms with Gasteiger partial charge in [-0.2, -0.15) is 0 Å². The van der Waals surface area contributed by atoms with Crippen molar-refractivity contribution < 1.29 is 8.92 Å². The number of rotatable bonds is 3. The fraction of sp³-hybridized carbons (Fsp3) is 0.250. The molecule has 0 heterocycles. The number of ether oxygens (including phenoxy) is 1. The Morgan fingerprint density at radius 2 is 1.64 bits per heavy atom. The van der Waals surface area contributed by atoms with E-state index in [9.17, 15) is 0 Å². The lowest BCUT2D eigenvalue weighted by molar-refractivity contribution is 0.414. The van der Waals surface area contributed by atoms with Crippen LogP contribution in [0.3, 0.4) is 0 Å². The molecular weight excluding hydrogens is 160 g/mol. The molecule has 0 unspecified atom stereocenters. The number of hydrogen-bond donors (Lipinski definition) is 0. The Morgan fingerprint density at radius 1 is 1.09 bits per heavy atom. The van der Waals surface area contributed by atoms with Crippen LogP contribution in [-0.4, -0.2) is 13.4 Å². The van der Waals surface area contributed by atoms with Crippen LogP contribution in [0.2, 0.25) is 0 Å². The minimum Gasteiger partial charge on any atom is -0.497 e. The van der Waals surface area contributed by atoms with Gasteiger partial charge in [0.25, 0.3) is 0 Å². The molecule has 2 nitrogen and oxygen atoms in total. The molecule has 0 atom stereocenters. The summed E-state index contributed by atoms with van der Waals surface area (Å²) in [6.07, 6.45) is 1.88. The molecule has 0 aromatic heterocycles. The summed E-state index contributed by atoms with van der Waals surface area (Å²) >= 11 is 1.33. The quantitative estimate of drug-likeness (QED) is 0.649. The van der Waals surface area contributed by atoms with E-state index in [1.807, 2.05) is 30.5 Å². The van der Waals surface area contributed by atoms with Crippen LogP contribution in [0.5, 0.6) is 11.5 Å². The Kier molecular flexibility index (Phi) is 3.11. The van der Waals surface area contributed by atoms with Gasteiger partial charge in [-0.1, -0.05) is 0 Å². The van der Waals surface area contributed by atoms with Gasteiger partial charge in [0.1, 0.15) is 11.5 Å². The summed E-state index contributed by atoms with van der Waals surface area (Å²) in [7, 11) is 1.64. The average molecular weight is 170 g/mol. The van der Waals surface area contributed by atoms with Crippen molar-refractivity contribution in [3.63, 3.8) is 0 Å². The fourth-order valence-electron chi connectivity index (χ4n) is 0.728. The maximum Gasteiger partial charge on any atom is 0.137 e. The van der Waals surface area contributed by atoms with E-state index in [4.69, 9.17) is 8.92 Å². The smallest absolute Gasteiger partial charge is 0.137 e. The van der Waals surface area contributed by atoms with Crippen molar-refractivity contribution in [2.45, 2.75) is 0 Å². The third kappa shape index (κ3) is 2.35. The highest BCUT2D eigenvalue weighted by Gasteiger charge is 1.92. The van der Waals surface area contributed by atoms with Crippen LogP contribution >= 0.6 is 12.0 Å². The molecule has 11 heavy (non-hydrogen) atoms. The van der Waals surface area contributed by atoms with Crippen LogP contribution in [0.25, 0.3) is 0 Å². The molecule has 0 saturated heterocycles. The zero-order chi connectivity index (χ0) is 8.10. The molecule has 0 radical (unpaired) electrons. The zero-order valence-electron chi connectivity index (χ0n) is 6.53. The van der Waals surface area contributed by atoms with E-state index in [1.165, 1.54) is 12.0 Å². The molecule has 0 saturated carbocycles. The van der Waals surface area contributed by atoms with E-state index < -0.39 is 0 Å². The van der Waals surface area contributed by atoms with E-state index in [0.717, 1.165) is 11.5 Å². The summed E-state index contributed by atoms with van der Waals surface area (Å²) in [4.78, 5) is 0. The molecule has 60 valence electrons. The molecule has 0 amide bonds. The molecule has 1 rings (SSSR count). The Balaban J connectivity index is 2.66. The van der Waals surface area contributed by atoms with E-state index >= 15 is 0 Å². The van der Waals surface area contributed by atoms with Crippen molar-refractivity contribution in [3.05, 3.63) is 24.3 Å². The van der Waals surface area contributed by atoms with E-state index in [2.05, 4.69) is 0 Å². The predicted molar refractivity (Wildman–Crippen MR) is 47.1 cm³/mol. The van der Waals surface area contributed by atoms with Crippen LogP contribution in [0, 0.1) is 0 Å². The first-order valence-corrected chi connectivity index (χ1v) is 4.36. The molecular formula is C8H10O2S. The van der Waals surface area contributed by atoms with Crippen molar-refractivity contribution in [1.29, 1.82) is 0 Å². The zero-order valence-corrected chi connectivity index (χ0v) is 7.35. The normalized spacial score (nSPS) is 9.27. The fourth-order valence-corrected chi connectivity index (χ4v) is 1.03. The van der Waals surface area contributed by atoms with Gasteiger partial charge in [0, 0.05) is 6.26 Å². The summed E-state index contributed by atoms with van der Waals surface area (Å²) in [5.41, 5.74) is 0. The van der Waals surface area contributed by atoms with Gasteiger partial charge in [-0.3, -0.25) is 0 Å². The largest absolute Gasteiger partial charge is 0.497 e. The molecule has 1 aromatic carbocycles. The molecule has 0 aliphatic heterocycles. The van der Waals surface area contributed by atoms with Crippen molar-refractivity contribution in [3.8, 4) is 11.5 Å². The predicted octanol–water partition coefficient (Wildman–Crippen LogP) is 2.35. The number of benzene rings is 1. The van der Waals surface area contributed by atoms with Crippen molar-refractivity contribution in [1.82, 2.24) is 0 Å². The van der Waals surface area contributed by atoms with Gasteiger partial charge < -0.3 is 8.92 Å². The topological polar surface area (TPSA) is 18.5 Å². The molecule has 0 fully saturated rings. The first-order chi connectivity index (χ1) is 5.36. The summed E-state index contributed by atoms with van der Waals surface area (Å²) in [6.45, 7) is 0. The Labute approximate surface area is 70.7 Å². The molecule has 0 bridgehead atoms. The van der Waals surface area contributed by atoms with Gasteiger partial charge in [0.2, 0.25) is 0 Å². The lowest BCUT2D eigenvalue weighted by Crippen LogP contribution is -1.82. The third-order valence-electron chi connectivity index (χ3n) is 1.24. The van der Waals surface area contributed by atoms with E-state index in [-0.39, 0.29) is 0 Å². The van der Waals surface area contributed by atoms with Gasteiger partial charge in [0.15, 0.2) is 0 Å². The number of methoxy groups -OCH3 is 1. The lowest BCUT2D eigenvalue weighted by atomic mass is 10.3. The number of hydrogen-bond acceptors (Lipinski definition) is 3. The maximum absolute atomic E-state index is 5.17. The second kappa shape index (κ2) is 4.13. The Morgan fingerprint density at radius 3 is 2.09 bits per heavy atom. The van der Waals surface area contributed by atoms with Crippen LogP contribution < -0.4 is 8.92 Å². The summed E-state index contributed by atoms with van der Waals surface area (Å²) in [6, 6.07) is 7.47. The average Bonchev–Trinajstić information content (AvgIpc) is 2.07. The highest BCUT2D eigenvalue weighted by molar-refractivity contribution is 7.94. The Hall–Kier alpha value is -0.830. The standard InChI is InChI=1S/C8H10O2S/c1-9-7-3-5-8(6-4-7)10-11-2/h3-6H,1-2H3. The third-order valence-corrected chi connectivity index (χ3v) is 1.60. The monoisotopic (exact) mass is 170 g/mol. The van der Waals surface area contributed by atoms with Gasteiger partial charge in [-0.25, -0.2) is 0 Å².